The molecular weight excluding hydrogens is 629 g/mol. The molecule has 0 atom stereocenters. The van der Waals surface area contributed by atoms with Crippen LogP contribution in [0.3, 0.4) is 0 Å². The summed E-state index contributed by atoms with van der Waals surface area (Å²) in [6, 6.07) is 9.08. The Bertz CT molecular complexity index is 1820. The van der Waals surface area contributed by atoms with Crippen LogP contribution in [-0.4, -0.2) is 53.8 Å². The van der Waals surface area contributed by atoms with Gasteiger partial charge in [0.05, 0.1) is 9.79 Å². The molecule has 0 aromatic heterocycles. The number of aryl methyl sites for hydroxylation is 1. The van der Waals surface area contributed by atoms with Crippen LogP contribution in [0, 0.1) is 0 Å². The molecule has 0 aliphatic carbocycles. The number of aliphatic carboxylic acids is 1. The van der Waals surface area contributed by atoms with Crippen LogP contribution in [-0.2, 0) is 36.9 Å². The number of anilines is 1. The average molecular weight is 672 g/mol. The molecule has 10 nitrogen and oxygen atoms in total. The molecule has 1 heterocycles. The maximum atomic E-state index is 11.8. The number of benzene rings is 2. The van der Waals surface area contributed by atoms with E-state index in [0.29, 0.717) is 25.8 Å². The number of hydrogen-bond acceptors (Lipinski definition) is 6. The zero-order valence-electron chi connectivity index (χ0n) is 26.6. The van der Waals surface area contributed by atoms with Gasteiger partial charge in [-0.2, -0.15) is 21.4 Å². The fraction of sp³-hybridized carbons (Fsp3) is 0.353. The summed E-state index contributed by atoms with van der Waals surface area (Å²) in [5, 5.41) is 12.3. The third-order valence-corrected chi connectivity index (χ3v) is 9.60. The van der Waals surface area contributed by atoms with Gasteiger partial charge in [0, 0.05) is 53.8 Å². The van der Waals surface area contributed by atoms with Gasteiger partial charge in [-0.25, -0.2) is 0 Å². The molecule has 0 bridgehead atoms. The van der Waals surface area contributed by atoms with Crippen molar-refractivity contribution in [2.45, 2.75) is 81.4 Å². The van der Waals surface area contributed by atoms with E-state index in [0.717, 1.165) is 46.8 Å². The molecule has 0 saturated carbocycles. The first-order valence-electron chi connectivity index (χ1n) is 15.2. The van der Waals surface area contributed by atoms with E-state index in [-0.39, 0.29) is 16.2 Å². The quantitative estimate of drug-likeness (QED) is 0.0522. The van der Waals surface area contributed by atoms with Crippen molar-refractivity contribution in [3.63, 3.8) is 0 Å². The van der Waals surface area contributed by atoms with Crippen molar-refractivity contribution in [1.82, 2.24) is 0 Å². The van der Waals surface area contributed by atoms with Crippen molar-refractivity contribution in [1.29, 1.82) is 0 Å². The Balaban J connectivity index is 1.82. The van der Waals surface area contributed by atoms with Gasteiger partial charge in [-0.05, 0) is 61.2 Å². The monoisotopic (exact) mass is 671 g/mol. The van der Waals surface area contributed by atoms with Gasteiger partial charge >= 0.3 is 5.97 Å². The topological polar surface area (TPSA) is 161 Å². The smallest absolute Gasteiger partial charge is 0.303 e. The van der Waals surface area contributed by atoms with Gasteiger partial charge in [0.1, 0.15) is 6.54 Å². The summed E-state index contributed by atoms with van der Waals surface area (Å²) in [5.41, 5.74) is 4.53. The molecule has 0 amide bonds. The number of fused-ring (bicyclic) bond motifs is 1. The summed E-state index contributed by atoms with van der Waals surface area (Å²) in [6.07, 6.45) is 16.7. The lowest BCUT2D eigenvalue weighted by Crippen LogP contribution is -2.18. The van der Waals surface area contributed by atoms with Gasteiger partial charge in [0.2, 0.25) is 5.69 Å². The second kappa shape index (κ2) is 15.6. The third kappa shape index (κ3) is 9.58. The number of nitrogens with zero attached hydrogens (tertiary/aromatic N) is 1. The molecular formula is C34H43N2O8S2+. The maximum Gasteiger partial charge on any atom is 0.303 e. The van der Waals surface area contributed by atoms with Crippen LogP contribution < -0.4 is 5.32 Å². The minimum atomic E-state index is -4.34. The first-order valence-corrected chi connectivity index (χ1v) is 18.0. The molecule has 0 saturated heterocycles. The summed E-state index contributed by atoms with van der Waals surface area (Å²) in [4.78, 5) is 10.6. The SMILES string of the molecule is CCC(/C=C/C=C/C=C/C=C1/Nc2ccc(S(=O)(=O)O)cc2C1(C)C)=[N+](CCCCCC(=O)O)c1ccc(S(=O)(=O)O)cc1CC. The van der Waals surface area contributed by atoms with E-state index in [1.165, 1.54) is 24.3 Å². The molecule has 0 spiro atoms. The highest BCUT2D eigenvalue weighted by atomic mass is 32.2. The Morgan fingerprint density at radius 2 is 1.50 bits per heavy atom. The molecule has 12 heteroatoms. The zero-order chi connectivity index (χ0) is 34.1. The Hall–Kier alpha value is -3.84. The van der Waals surface area contributed by atoms with E-state index >= 15 is 0 Å². The van der Waals surface area contributed by atoms with Crippen LogP contribution in [0.25, 0.3) is 0 Å². The molecule has 0 radical (unpaired) electrons. The predicted molar refractivity (Wildman–Crippen MR) is 180 cm³/mol. The number of rotatable bonds is 15. The highest BCUT2D eigenvalue weighted by Crippen LogP contribution is 2.44. The average Bonchev–Trinajstić information content (AvgIpc) is 3.24. The van der Waals surface area contributed by atoms with Crippen LogP contribution in [0.1, 0.15) is 70.9 Å². The van der Waals surface area contributed by atoms with Crippen molar-refractivity contribution < 1.29 is 40.4 Å². The first-order chi connectivity index (χ1) is 21.6. The Morgan fingerprint density at radius 1 is 0.870 bits per heavy atom. The van der Waals surface area contributed by atoms with Gasteiger partial charge in [-0.3, -0.25) is 13.9 Å². The molecule has 1 aliphatic rings. The molecule has 2 aromatic carbocycles. The summed E-state index contributed by atoms with van der Waals surface area (Å²) in [7, 11) is -8.65. The highest BCUT2D eigenvalue weighted by molar-refractivity contribution is 7.86. The van der Waals surface area contributed by atoms with E-state index in [4.69, 9.17) is 5.11 Å². The second-order valence-corrected chi connectivity index (χ2v) is 14.3. The Kier molecular flexibility index (Phi) is 12.4. The second-order valence-electron chi connectivity index (χ2n) is 11.5. The van der Waals surface area contributed by atoms with E-state index < -0.39 is 31.6 Å². The van der Waals surface area contributed by atoms with Gasteiger partial charge in [0.15, 0.2) is 5.71 Å². The van der Waals surface area contributed by atoms with Crippen molar-refractivity contribution in [2.24, 2.45) is 0 Å². The predicted octanol–water partition coefficient (Wildman–Crippen LogP) is 6.84. The van der Waals surface area contributed by atoms with E-state index in [9.17, 15) is 30.7 Å². The standard InChI is InChI=1S/C34H42N2O8S2/c1-5-25-23-27(45(39,40)41)19-21-31(25)36(22-14-10-13-17-33(37)38)26(6-2)15-11-8-7-9-12-16-32-34(3,4)29-24-28(46(42,43)44)18-20-30(29)35-32/h7-9,11-12,15-16,18-21,23-24H,5-6,10,13-14,17,22H2,1-4H3,(H3,37,38,39,40,41,42,43,44)/p+1. The molecule has 3 rings (SSSR count). The van der Waals surface area contributed by atoms with Crippen LogP contribution in [0.2, 0.25) is 0 Å². The number of carboxylic acids is 1. The lowest BCUT2D eigenvalue weighted by Gasteiger charge is -2.20. The number of unbranched alkanes of at least 4 members (excludes halogenated alkanes) is 2. The minimum absolute atomic E-state index is 0.109. The maximum absolute atomic E-state index is 11.8. The summed E-state index contributed by atoms with van der Waals surface area (Å²) >= 11 is 0. The van der Waals surface area contributed by atoms with Crippen LogP contribution in [0.15, 0.2) is 94.4 Å². The van der Waals surface area contributed by atoms with Gasteiger partial charge in [-0.15, -0.1) is 0 Å². The summed E-state index contributed by atoms with van der Waals surface area (Å²) in [6.45, 7) is 8.50. The first kappa shape index (κ1) is 36.6. The van der Waals surface area contributed by atoms with Crippen molar-refractivity contribution in [3.8, 4) is 0 Å². The van der Waals surface area contributed by atoms with Crippen molar-refractivity contribution in [2.75, 3.05) is 11.9 Å². The molecule has 248 valence electrons. The van der Waals surface area contributed by atoms with Gasteiger partial charge < -0.3 is 10.4 Å². The fourth-order valence-corrected chi connectivity index (χ4v) is 6.36. The Morgan fingerprint density at radius 3 is 2.13 bits per heavy atom. The van der Waals surface area contributed by atoms with E-state index in [1.807, 2.05) is 70.2 Å². The fourth-order valence-electron chi connectivity index (χ4n) is 5.33. The van der Waals surface area contributed by atoms with Crippen LogP contribution in [0.5, 0.6) is 0 Å². The molecule has 0 unspecified atom stereocenters. The summed E-state index contributed by atoms with van der Waals surface area (Å²) in [5.74, 6) is -0.825. The van der Waals surface area contributed by atoms with Gasteiger partial charge in [0.25, 0.3) is 20.2 Å². The molecule has 1 aliphatic heterocycles. The molecule has 2 aromatic rings. The largest absolute Gasteiger partial charge is 0.481 e. The number of carboxylic acid groups (broad SMARTS) is 1. The molecule has 4 N–H and O–H groups in total. The van der Waals surface area contributed by atoms with E-state index in [1.54, 1.807) is 12.1 Å². The lowest BCUT2D eigenvalue weighted by atomic mass is 9.84. The summed E-state index contributed by atoms with van der Waals surface area (Å²) < 4.78 is 67.8. The minimum Gasteiger partial charge on any atom is -0.481 e. The third-order valence-electron chi connectivity index (χ3n) is 7.90. The zero-order valence-corrected chi connectivity index (χ0v) is 28.2. The molecule has 46 heavy (non-hydrogen) atoms. The Labute approximate surface area is 272 Å². The number of hydrogen-bond donors (Lipinski definition) is 4. The van der Waals surface area contributed by atoms with Crippen LogP contribution in [0.4, 0.5) is 11.4 Å². The normalized spacial score (nSPS) is 16.3. The highest BCUT2D eigenvalue weighted by Gasteiger charge is 2.35. The van der Waals surface area contributed by atoms with Crippen LogP contribution >= 0.6 is 0 Å². The van der Waals surface area contributed by atoms with Crippen molar-refractivity contribution in [3.05, 3.63) is 95.8 Å². The van der Waals surface area contributed by atoms with Gasteiger partial charge in [-0.1, -0.05) is 58.1 Å². The number of carbonyl (C=O) groups is 1. The molecule has 0 fully saturated rings. The van der Waals surface area contributed by atoms with E-state index in [2.05, 4.69) is 9.89 Å². The number of nitrogens with one attached hydrogen (secondary N) is 1. The van der Waals surface area contributed by atoms with Crippen molar-refractivity contribution >= 4 is 43.3 Å². The number of allylic oxidation sites excluding steroid dienone is 8. The lowest BCUT2D eigenvalue weighted by molar-refractivity contribution is -0.442.